The van der Waals surface area contributed by atoms with Gasteiger partial charge in [-0.05, 0) is 34.5 Å². The van der Waals surface area contributed by atoms with E-state index in [1.165, 1.54) is 0 Å². The molecule has 0 amide bonds. The third kappa shape index (κ3) is 2.88. The Morgan fingerprint density at radius 3 is 2.54 bits per heavy atom. The number of benzene rings is 3. The van der Waals surface area contributed by atoms with Gasteiger partial charge >= 0.3 is 0 Å². The van der Waals surface area contributed by atoms with Crippen molar-refractivity contribution in [1.29, 1.82) is 0 Å². The Bertz CT molecular complexity index is 1360. The van der Waals surface area contributed by atoms with E-state index in [0.717, 1.165) is 27.6 Å². The number of aromatic nitrogens is 3. The van der Waals surface area contributed by atoms with E-state index < -0.39 is 0 Å². The Morgan fingerprint density at radius 2 is 1.68 bits per heavy atom. The summed E-state index contributed by atoms with van der Waals surface area (Å²) in [6, 6.07) is 23.7. The second-order valence-corrected chi connectivity index (χ2v) is 7.18. The summed E-state index contributed by atoms with van der Waals surface area (Å²) in [6.45, 7) is 0.487. The maximum Gasteiger partial charge on any atom is 0.276 e. The van der Waals surface area contributed by atoms with Crippen molar-refractivity contribution in [1.82, 2.24) is 14.2 Å². The van der Waals surface area contributed by atoms with Crippen LogP contribution < -0.4 is 5.56 Å². The maximum atomic E-state index is 13.0. The monoisotopic (exact) mass is 385 g/mol. The molecule has 5 aromatic rings. The fourth-order valence-electron chi connectivity index (χ4n) is 3.52. The predicted molar refractivity (Wildman–Crippen MR) is 113 cm³/mol. The van der Waals surface area contributed by atoms with Crippen molar-refractivity contribution in [3.8, 4) is 11.3 Å². The van der Waals surface area contributed by atoms with Crippen molar-refractivity contribution >= 4 is 27.9 Å². The van der Waals surface area contributed by atoms with Gasteiger partial charge in [0.25, 0.3) is 5.56 Å². The molecule has 0 bridgehead atoms. The van der Waals surface area contributed by atoms with Gasteiger partial charge in [-0.2, -0.15) is 5.10 Å². The van der Waals surface area contributed by atoms with Crippen molar-refractivity contribution in [2.24, 2.45) is 0 Å². The first-order valence-electron chi connectivity index (χ1n) is 9.00. The Labute approximate surface area is 166 Å². The van der Waals surface area contributed by atoms with E-state index in [-0.39, 0.29) is 5.56 Å². The summed E-state index contributed by atoms with van der Waals surface area (Å²) in [5, 5.41) is 7.59. The van der Waals surface area contributed by atoms with Gasteiger partial charge < -0.3 is 4.57 Å². The molecular weight excluding hydrogens is 370 g/mol. The van der Waals surface area contributed by atoms with Crippen LogP contribution in [-0.2, 0) is 6.54 Å². The van der Waals surface area contributed by atoms with Gasteiger partial charge in [0.1, 0.15) is 5.52 Å². The molecule has 0 aliphatic heterocycles. The highest BCUT2D eigenvalue weighted by Crippen LogP contribution is 2.27. The van der Waals surface area contributed by atoms with Crippen molar-refractivity contribution < 1.29 is 0 Å². The van der Waals surface area contributed by atoms with E-state index in [0.29, 0.717) is 17.1 Å². The van der Waals surface area contributed by atoms with Gasteiger partial charge in [0.15, 0.2) is 0 Å². The van der Waals surface area contributed by atoms with Crippen LogP contribution in [0, 0.1) is 0 Å². The van der Waals surface area contributed by atoms with Crippen molar-refractivity contribution in [2.75, 3.05) is 0 Å². The minimum atomic E-state index is -0.0727. The van der Waals surface area contributed by atoms with Gasteiger partial charge in [-0.3, -0.25) is 4.79 Å². The van der Waals surface area contributed by atoms with Crippen LogP contribution >= 0.6 is 11.6 Å². The number of hydrogen-bond donors (Lipinski definition) is 0. The fraction of sp³-hybridized carbons (Fsp3) is 0.0435. The summed E-state index contributed by atoms with van der Waals surface area (Å²) in [5.74, 6) is 0. The lowest BCUT2D eigenvalue weighted by atomic mass is 10.0. The molecule has 5 heteroatoms. The molecule has 0 atom stereocenters. The molecule has 2 aromatic heterocycles. The molecule has 0 aliphatic rings. The van der Waals surface area contributed by atoms with E-state index in [1.807, 2.05) is 60.8 Å². The van der Waals surface area contributed by atoms with E-state index in [2.05, 4.69) is 23.3 Å². The van der Waals surface area contributed by atoms with Gasteiger partial charge in [-0.25, -0.2) is 4.52 Å². The van der Waals surface area contributed by atoms with Crippen LogP contribution in [0.3, 0.4) is 0 Å². The number of fused-ring (bicyclic) bond motifs is 2. The number of halogens is 1. The zero-order valence-corrected chi connectivity index (χ0v) is 15.7. The van der Waals surface area contributed by atoms with Gasteiger partial charge in [0.05, 0.1) is 12.2 Å². The quantitative estimate of drug-likeness (QED) is 0.437. The minimum absolute atomic E-state index is 0.0727. The fourth-order valence-corrected chi connectivity index (χ4v) is 3.64. The van der Waals surface area contributed by atoms with Crippen LogP contribution in [0.2, 0.25) is 5.02 Å². The second-order valence-electron chi connectivity index (χ2n) is 6.74. The molecule has 0 saturated heterocycles. The van der Waals surface area contributed by atoms with Gasteiger partial charge in [0, 0.05) is 23.0 Å². The van der Waals surface area contributed by atoms with Crippen molar-refractivity contribution in [2.45, 2.75) is 6.54 Å². The van der Waals surface area contributed by atoms with Crippen LogP contribution in [0.25, 0.3) is 27.5 Å². The highest BCUT2D eigenvalue weighted by atomic mass is 35.5. The van der Waals surface area contributed by atoms with Gasteiger partial charge in [-0.15, -0.1) is 0 Å². The molecule has 0 fully saturated rings. The summed E-state index contributed by atoms with van der Waals surface area (Å²) < 4.78 is 3.34. The summed E-state index contributed by atoms with van der Waals surface area (Å²) in [5.41, 5.74) is 3.31. The standard InChI is InChI=1S/C23H16ClN3O/c24-18-10-8-16(9-11-18)15-26-12-13-27-22(23(26)28)14-21(25-27)20-7-3-5-17-4-1-2-6-19(17)20/h1-14H,15H2. The van der Waals surface area contributed by atoms with E-state index in [4.69, 9.17) is 11.6 Å². The van der Waals surface area contributed by atoms with Crippen LogP contribution in [0.15, 0.2) is 90.0 Å². The van der Waals surface area contributed by atoms with Gasteiger partial charge in [-0.1, -0.05) is 66.2 Å². The molecule has 0 aliphatic carbocycles. The van der Waals surface area contributed by atoms with Crippen molar-refractivity contribution in [3.05, 3.63) is 106 Å². The maximum absolute atomic E-state index is 13.0. The second kappa shape index (κ2) is 6.66. The number of nitrogens with zero attached hydrogens (tertiary/aromatic N) is 3. The summed E-state index contributed by atoms with van der Waals surface area (Å²) in [4.78, 5) is 13.0. The lowest BCUT2D eigenvalue weighted by molar-refractivity contribution is 0.743. The molecule has 0 radical (unpaired) electrons. The zero-order valence-electron chi connectivity index (χ0n) is 14.9. The number of hydrogen-bond acceptors (Lipinski definition) is 2. The first-order chi connectivity index (χ1) is 13.7. The molecule has 4 nitrogen and oxygen atoms in total. The Morgan fingerprint density at radius 1 is 0.893 bits per heavy atom. The molecule has 136 valence electrons. The first-order valence-corrected chi connectivity index (χ1v) is 9.38. The normalized spacial score (nSPS) is 11.3. The molecule has 28 heavy (non-hydrogen) atoms. The van der Waals surface area contributed by atoms with E-state index >= 15 is 0 Å². The molecule has 5 rings (SSSR count). The third-order valence-corrected chi connectivity index (χ3v) is 5.19. The van der Waals surface area contributed by atoms with Crippen LogP contribution in [0.4, 0.5) is 0 Å². The molecule has 0 N–H and O–H groups in total. The molecule has 0 unspecified atom stereocenters. The summed E-state index contributed by atoms with van der Waals surface area (Å²) in [6.07, 6.45) is 3.59. The average molecular weight is 386 g/mol. The lowest BCUT2D eigenvalue weighted by Gasteiger charge is -2.06. The molecule has 0 saturated carbocycles. The van der Waals surface area contributed by atoms with Crippen LogP contribution in [0.5, 0.6) is 0 Å². The zero-order chi connectivity index (χ0) is 19.1. The smallest absolute Gasteiger partial charge is 0.276 e. The largest absolute Gasteiger partial charge is 0.308 e. The first kappa shape index (κ1) is 16.8. The Balaban J connectivity index is 1.61. The highest BCUT2D eigenvalue weighted by molar-refractivity contribution is 6.30. The van der Waals surface area contributed by atoms with Crippen molar-refractivity contribution in [3.63, 3.8) is 0 Å². The average Bonchev–Trinajstić information content (AvgIpc) is 3.16. The Hall–Kier alpha value is -3.37. The minimum Gasteiger partial charge on any atom is -0.308 e. The summed E-state index contributed by atoms with van der Waals surface area (Å²) >= 11 is 5.95. The molecule has 0 spiro atoms. The number of rotatable bonds is 3. The third-order valence-electron chi connectivity index (χ3n) is 4.94. The molecular formula is C23H16ClN3O. The van der Waals surface area contributed by atoms with Crippen LogP contribution in [-0.4, -0.2) is 14.2 Å². The topological polar surface area (TPSA) is 39.3 Å². The molecule has 3 aromatic carbocycles. The molecule has 2 heterocycles. The van der Waals surface area contributed by atoms with E-state index in [9.17, 15) is 4.79 Å². The lowest BCUT2D eigenvalue weighted by Crippen LogP contribution is -2.21. The van der Waals surface area contributed by atoms with Crippen LogP contribution in [0.1, 0.15) is 5.56 Å². The van der Waals surface area contributed by atoms with E-state index in [1.54, 1.807) is 15.3 Å². The highest BCUT2D eigenvalue weighted by Gasteiger charge is 2.11. The summed E-state index contributed by atoms with van der Waals surface area (Å²) in [7, 11) is 0. The Kier molecular flexibility index (Phi) is 3.99. The SMILES string of the molecule is O=c1c2cc(-c3cccc4ccccc34)nn2ccn1Cc1ccc(Cl)cc1. The predicted octanol–water partition coefficient (Wildman–Crippen LogP) is 5.02. The van der Waals surface area contributed by atoms with Gasteiger partial charge in [0.2, 0.25) is 0 Å².